The summed E-state index contributed by atoms with van der Waals surface area (Å²) >= 11 is 0. The van der Waals surface area contributed by atoms with Crippen molar-refractivity contribution in [3.8, 4) is 6.07 Å². The Labute approximate surface area is 65.4 Å². The number of nitriles is 1. The fourth-order valence-electron chi connectivity index (χ4n) is 0.903. The Balaban J connectivity index is 3.27. The molecule has 0 spiro atoms. The molecule has 0 amide bonds. The highest BCUT2D eigenvalue weighted by molar-refractivity contribution is 5.68. The van der Waals surface area contributed by atoms with E-state index in [1.54, 1.807) is 13.1 Å². The molecule has 56 valence electrons. The van der Waals surface area contributed by atoms with Crippen LogP contribution in [0.15, 0.2) is 18.2 Å². The van der Waals surface area contributed by atoms with Gasteiger partial charge in [0.2, 0.25) is 0 Å². The van der Waals surface area contributed by atoms with Crippen molar-refractivity contribution in [2.75, 3.05) is 18.1 Å². The molecular weight excluding hydrogens is 138 g/mol. The van der Waals surface area contributed by atoms with E-state index in [0.29, 0.717) is 11.3 Å². The topological polar surface area (TPSA) is 61.8 Å². The van der Waals surface area contributed by atoms with Gasteiger partial charge in [-0.3, -0.25) is 0 Å². The Morgan fingerprint density at radius 3 is 2.73 bits per heavy atom. The number of nitrogen functional groups attached to an aromatic ring is 1. The zero-order valence-corrected chi connectivity index (χ0v) is 6.26. The van der Waals surface area contributed by atoms with Crippen LogP contribution in [0.5, 0.6) is 0 Å². The van der Waals surface area contributed by atoms with Gasteiger partial charge < -0.3 is 11.1 Å². The zero-order valence-electron chi connectivity index (χ0n) is 6.26. The molecule has 0 heterocycles. The molecule has 0 aliphatic heterocycles. The summed E-state index contributed by atoms with van der Waals surface area (Å²) < 4.78 is 0. The molecule has 0 atom stereocenters. The van der Waals surface area contributed by atoms with E-state index < -0.39 is 0 Å². The highest BCUT2D eigenvalue weighted by Crippen LogP contribution is 2.19. The Morgan fingerprint density at radius 2 is 2.27 bits per heavy atom. The van der Waals surface area contributed by atoms with Gasteiger partial charge in [0.25, 0.3) is 0 Å². The van der Waals surface area contributed by atoms with Crippen molar-refractivity contribution in [3.05, 3.63) is 23.8 Å². The first-order chi connectivity index (χ1) is 5.29. The summed E-state index contributed by atoms with van der Waals surface area (Å²) in [7, 11) is 1.76. The first-order valence-electron chi connectivity index (χ1n) is 3.26. The molecule has 3 N–H and O–H groups in total. The minimum atomic E-state index is 0.509. The van der Waals surface area contributed by atoms with Crippen LogP contribution in [0, 0.1) is 11.3 Å². The molecule has 0 aromatic heterocycles. The quantitative estimate of drug-likeness (QED) is 0.586. The van der Waals surface area contributed by atoms with E-state index in [-0.39, 0.29) is 0 Å². The summed E-state index contributed by atoms with van der Waals surface area (Å²) in [4.78, 5) is 0. The molecule has 0 fully saturated rings. The lowest BCUT2D eigenvalue weighted by Gasteiger charge is -2.03. The number of nitrogens with one attached hydrogen (secondary N) is 1. The second-order valence-electron chi connectivity index (χ2n) is 2.13. The van der Waals surface area contributed by atoms with E-state index in [1.807, 2.05) is 18.2 Å². The molecule has 3 nitrogen and oxygen atoms in total. The smallest absolute Gasteiger partial charge is 0.103 e. The fourth-order valence-corrected chi connectivity index (χ4v) is 0.903. The predicted molar refractivity (Wildman–Crippen MR) is 45.1 cm³/mol. The van der Waals surface area contributed by atoms with Crippen LogP contribution in [-0.4, -0.2) is 7.05 Å². The van der Waals surface area contributed by atoms with Crippen molar-refractivity contribution in [3.63, 3.8) is 0 Å². The molecule has 1 aromatic carbocycles. The summed E-state index contributed by atoms with van der Waals surface area (Å²) in [6.07, 6.45) is 0. The predicted octanol–water partition coefficient (Wildman–Crippen LogP) is 1.18. The monoisotopic (exact) mass is 147 g/mol. The number of hydrogen-bond donors (Lipinski definition) is 2. The molecule has 0 aliphatic carbocycles. The van der Waals surface area contributed by atoms with Crippen molar-refractivity contribution in [2.24, 2.45) is 0 Å². The summed E-state index contributed by atoms with van der Waals surface area (Å²) in [5.74, 6) is 0. The molecule has 0 saturated heterocycles. The highest BCUT2D eigenvalue weighted by Gasteiger charge is 2.01. The lowest BCUT2D eigenvalue weighted by molar-refractivity contribution is 1.44. The minimum absolute atomic E-state index is 0.509. The molecule has 0 saturated carbocycles. The number of nitrogens with two attached hydrogens (primary N) is 1. The number of anilines is 2. The second kappa shape index (κ2) is 2.93. The van der Waals surface area contributed by atoms with Crippen LogP contribution >= 0.6 is 0 Å². The van der Waals surface area contributed by atoms with Gasteiger partial charge in [-0.2, -0.15) is 5.26 Å². The van der Waals surface area contributed by atoms with Crippen LogP contribution in [0.2, 0.25) is 0 Å². The van der Waals surface area contributed by atoms with Crippen molar-refractivity contribution in [1.82, 2.24) is 0 Å². The molecule has 1 rings (SSSR count). The van der Waals surface area contributed by atoms with Crippen LogP contribution in [-0.2, 0) is 0 Å². The van der Waals surface area contributed by atoms with Crippen molar-refractivity contribution < 1.29 is 0 Å². The van der Waals surface area contributed by atoms with Crippen molar-refractivity contribution in [2.45, 2.75) is 0 Å². The molecule has 0 radical (unpaired) electrons. The standard InChI is InChI=1S/C8H9N3/c1-11-8-4-2-3-7(10)6(8)5-9/h2-4,11H,10H2,1H3. The number of rotatable bonds is 1. The fraction of sp³-hybridized carbons (Fsp3) is 0.125. The number of hydrogen-bond acceptors (Lipinski definition) is 3. The minimum Gasteiger partial charge on any atom is -0.398 e. The van der Waals surface area contributed by atoms with Gasteiger partial charge in [0, 0.05) is 7.05 Å². The van der Waals surface area contributed by atoms with E-state index >= 15 is 0 Å². The highest BCUT2D eigenvalue weighted by atomic mass is 14.8. The molecule has 0 aliphatic rings. The van der Waals surface area contributed by atoms with E-state index in [4.69, 9.17) is 11.0 Å². The molecule has 1 aromatic rings. The Kier molecular flexibility index (Phi) is 1.98. The third kappa shape index (κ3) is 1.24. The van der Waals surface area contributed by atoms with Gasteiger partial charge in [0.05, 0.1) is 16.9 Å². The van der Waals surface area contributed by atoms with Gasteiger partial charge in [0.1, 0.15) is 6.07 Å². The first-order valence-corrected chi connectivity index (χ1v) is 3.26. The van der Waals surface area contributed by atoms with E-state index in [2.05, 4.69) is 5.32 Å². The third-order valence-electron chi connectivity index (χ3n) is 1.48. The van der Waals surface area contributed by atoms with Gasteiger partial charge in [-0.05, 0) is 12.1 Å². The summed E-state index contributed by atoms with van der Waals surface area (Å²) in [6, 6.07) is 7.36. The Hall–Kier alpha value is -1.69. The maximum absolute atomic E-state index is 8.66. The molecular formula is C8H9N3. The molecule has 0 bridgehead atoms. The van der Waals surface area contributed by atoms with Crippen LogP contribution < -0.4 is 11.1 Å². The SMILES string of the molecule is CNc1cccc(N)c1C#N. The second-order valence-corrected chi connectivity index (χ2v) is 2.13. The lowest BCUT2D eigenvalue weighted by atomic mass is 10.1. The average Bonchev–Trinajstić information content (AvgIpc) is 2.04. The van der Waals surface area contributed by atoms with Crippen molar-refractivity contribution in [1.29, 1.82) is 5.26 Å². The van der Waals surface area contributed by atoms with Gasteiger partial charge in [-0.25, -0.2) is 0 Å². The largest absolute Gasteiger partial charge is 0.398 e. The lowest BCUT2D eigenvalue weighted by Crippen LogP contribution is -1.96. The normalized spacial score (nSPS) is 8.73. The van der Waals surface area contributed by atoms with Crippen LogP contribution in [0.4, 0.5) is 11.4 Å². The summed E-state index contributed by atoms with van der Waals surface area (Å²) in [5.41, 5.74) is 7.34. The van der Waals surface area contributed by atoms with Gasteiger partial charge in [-0.15, -0.1) is 0 Å². The number of benzene rings is 1. The molecule has 0 unspecified atom stereocenters. The van der Waals surface area contributed by atoms with E-state index in [1.165, 1.54) is 0 Å². The first kappa shape index (κ1) is 7.42. The van der Waals surface area contributed by atoms with Crippen LogP contribution in [0.1, 0.15) is 5.56 Å². The maximum atomic E-state index is 8.66. The van der Waals surface area contributed by atoms with E-state index in [9.17, 15) is 0 Å². The van der Waals surface area contributed by atoms with Crippen molar-refractivity contribution >= 4 is 11.4 Å². The van der Waals surface area contributed by atoms with Crippen LogP contribution in [0.25, 0.3) is 0 Å². The molecule has 11 heavy (non-hydrogen) atoms. The van der Waals surface area contributed by atoms with Gasteiger partial charge in [0.15, 0.2) is 0 Å². The average molecular weight is 147 g/mol. The maximum Gasteiger partial charge on any atom is 0.103 e. The summed E-state index contributed by atoms with van der Waals surface area (Å²) in [5, 5.41) is 11.5. The zero-order chi connectivity index (χ0) is 8.27. The van der Waals surface area contributed by atoms with E-state index in [0.717, 1.165) is 5.69 Å². The Morgan fingerprint density at radius 1 is 1.55 bits per heavy atom. The summed E-state index contributed by atoms with van der Waals surface area (Å²) in [6.45, 7) is 0. The number of nitrogens with zero attached hydrogens (tertiary/aromatic N) is 1. The van der Waals surface area contributed by atoms with Gasteiger partial charge in [-0.1, -0.05) is 6.07 Å². The van der Waals surface area contributed by atoms with Gasteiger partial charge >= 0.3 is 0 Å². The molecule has 3 heteroatoms. The Bertz CT molecular complexity index is 299. The van der Waals surface area contributed by atoms with Crippen LogP contribution in [0.3, 0.4) is 0 Å². The third-order valence-corrected chi connectivity index (χ3v) is 1.48.